The van der Waals surface area contributed by atoms with Crippen molar-refractivity contribution in [3.05, 3.63) is 84.1 Å². The molecule has 0 radical (unpaired) electrons. The number of benzene rings is 1. The highest BCUT2D eigenvalue weighted by Gasteiger charge is 2.61. The molecule has 0 N–H and O–H groups in total. The average Bonchev–Trinajstić information content (AvgIpc) is 3.38. The molecule has 1 aromatic carbocycles. The Kier molecular flexibility index (Phi) is 5.73. The van der Waals surface area contributed by atoms with Gasteiger partial charge in [0.05, 0.1) is 29.5 Å². The molecule has 220 valence electrons. The van der Waals surface area contributed by atoms with Gasteiger partial charge >= 0.3 is 0 Å². The van der Waals surface area contributed by atoms with Crippen molar-refractivity contribution in [2.24, 2.45) is 5.92 Å². The van der Waals surface area contributed by atoms with E-state index in [-0.39, 0.29) is 0 Å². The molecule has 0 unspecified atom stereocenters. The molecule has 10 heteroatoms. The van der Waals surface area contributed by atoms with Crippen LogP contribution in [0.5, 0.6) is 0 Å². The Morgan fingerprint density at radius 2 is 1.77 bits per heavy atom. The summed E-state index contributed by atoms with van der Waals surface area (Å²) in [5.74, 6) is 1.41. The number of piperidine rings is 1. The van der Waals surface area contributed by atoms with Gasteiger partial charge in [-0.15, -0.1) is 4.80 Å². The van der Waals surface area contributed by atoms with Crippen LogP contribution in [0, 0.1) is 19.8 Å². The Balaban J connectivity index is 1.01. The SMILES string of the molecule is Cc1cnn(-c2ccc3c(-c4cnc5cc(-c6ccc([C@@]78C[C@@H]7CN(C7CCOCC7)C8)cc6)c(C)nn45)ccnc3n2)n1. The van der Waals surface area contributed by atoms with Crippen molar-refractivity contribution in [2.75, 3.05) is 26.3 Å². The monoisotopic (exact) mass is 583 g/mol. The van der Waals surface area contributed by atoms with E-state index in [9.17, 15) is 0 Å². The maximum absolute atomic E-state index is 5.61. The summed E-state index contributed by atoms with van der Waals surface area (Å²) in [7, 11) is 0. The highest BCUT2D eigenvalue weighted by atomic mass is 16.5. The van der Waals surface area contributed by atoms with Gasteiger partial charge in [-0.2, -0.15) is 15.3 Å². The highest BCUT2D eigenvalue weighted by Crippen LogP contribution is 2.59. The Morgan fingerprint density at radius 1 is 0.909 bits per heavy atom. The molecule has 3 aliphatic rings. The zero-order chi connectivity index (χ0) is 29.4. The quantitative estimate of drug-likeness (QED) is 0.281. The predicted molar refractivity (Wildman–Crippen MR) is 167 cm³/mol. The van der Waals surface area contributed by atoms with Crippen LogP contribution in [0.2, 0.25) is 0 Å². The second-order valence-electron chi connectivity index (χ2n) is 12.6. The number of nitrogens with zero attached hydrogens (tertiary/aromatic N) is 9. The van der Waals surface area contributed by atoms with Gasteiger partial charge in [0.1, 0.15) is 0 Å². The van der Waals surface area contributed by atoms with Crippen LogP contribution in [-0.2, 0) is 10.2 Å². The van der Waals surface area contributed by atoms with Crippen molar-refractivity contribution < 1.29 is 4.74 Å². The lowest BCUT2D eigenvalue weighted by Gasteiger charge is -2.33. The number of likely N-dealkylation sites (tertiary alicyclic amines) is 1. The standard InChI is InChI=1S/C34H33N9O/c1-21-17-37-43(39-21)31-8-7-28-27(9-12-35-33(28)38-31)30-18-36-32-15-29(22(2)40-42(30)32)23-3-5-24(6-4-23)34-16-25(34)19-41(20-34)26-10-13-44-14-11-26/h3-9,12,15,17-18,25-26H,10-11,13-14,16,19-20H2,1-2H3/t25-,34+/m1/s1. The summed E-state index contributed by atoms with van der Waals surface area (Å²) in [4.78, 5) is 18.3. The number of ether oxygens (including phenoxy) is 1. The Labute approximate surface area is 254 Å². The van der Waals surface area contributed by atoms with E-state index in [1.807, 2.05) is 35.8 Å². The molecule has 44 heavy (non-hydrogen) atoms. The summed E-state index contributed by atoms with van der Waals surface area (Å²) < 4.78 is 7.53. The molecule has 0 bridgehead atoms. The van der Waals surface area contributed by atoms with Crippen LogP contribution in [0.1, 0.15) is 36.2 Å². The van der Waals surface area contributed by atoms with Gasteiger partial charge in [0.15, 0.2) is 17.1 Å². The zero-order valence-electron chi connectivity index (χ0n) is 24.9. The molecule has 0 spiro atoms. The van der Waals surface area contributed by atoms with Gasteiger partial charge in [0, 0.05) is 60.5 Å². The summed E-state index contributed by atoms with van der Waals surface area (Å²) in [6.45, 7) is 8.21. The fourth-order valence-corrected chi connectivity index (χ4v) is 7.56. The fraction of sp³-hybridized carbons (Fsp3) is 0.353. The topological polar surface area (TPSA) is 99.2 Å². The summed E-state index contributed by atoms with van der Waals surface area (Å²) >= 11 is 0. The summed E-state index contributed by atoms with van der Waals surface area (Å²) in [5.41, 5.74) is 9.18. The molecule has 0 amide bonds. The second-order valence-corrected chi connectivity index (χ2v) is 12.6. The van der Waals surface area contributed by atoms with E-state index in [4.69, 9.17) is 19.8 Å². The largest absolute Gasteiger partial charge is 0.381 e. The first-order chi connectivity index (χ1) is 21.6. The lowest BCUT2D eigenvalue weighted by molar-refractivity contribution is 0.0378. The van der Waals surface area contributed by atoms with Crippen molar-refractivity contribution in [1.82, 2.24) is 44.5 Å². The van der Waals surface area contributed by atoms with E-state index in [0.717, 1.165) is 58.4 Å². The number of pyridine rings is 2. The summed E-state index contributed by atoms with van der Waals surface area (Å²) in [6.07, 6.45) is 9.03. The Hall–Kier alpha value is -4.54. The fourth-order valence-electron chi connectivity index (χ4n) is 7.56. The molecule has 2 aliphatic heterocycles. The van der Waals surface area contributed by atoms with Gasteiger partial charge in [-0.3, -0.25) is 4.90 Å². The van der Waals surface area contributed by atoms with E-state index >= 15 is 0 Å². The molecule has 2 saturated heterocycles. The van der Waals surface area contributed by atoms with Gasteiger partial charge in [-0.05, 0) is 74.4 Å². The van der Waals surface area contributed by atoms with E-state index in [1.54, 1.807) is 12.4 Å². The molecule has 6 aromatic rings. The summed E-state index contributed by atoms with van der Waals surface area (Å²) in [5, 5.41) is 14.6. The third kappa shape index (κ3) is 4.08. The van der Waals surface area contributed by atoms with Gasteiger partial charge in [0.2, 0.25) is 0 Å². The lowest BCUT2D eigenvalue weighted by atomic mass is 9.92. The minimum absolute atomic E-state index is 0.336. The Bertz CT molecular complexity index is 2040. The first-order valence-electron chi connectivity index (χ1n) is 15.5. The van der Waals surface area contributed by atoms with Crippen molar-refractivity contribution in [1.29, 1.82) is 0 Å². The molecular formula is C34H33N9O. The first-order valence-corrected chi connectivity index (χ1v) is 15.5. The van der Waals surface area contributed by atoms with Crippen molar-refractivity contribution in [2.45, 2.75) is 44.6 Å². The van der Waals surface area contributed by atoms with E-state index in [0.29, 0.717) is 22.9 Å². The Morgan fingerprint density at radius 3 is 2.59 bits per heavy atom. The zero-order valence-corrected chi connectivity index (χ0v) is 24.9. The minimum atomic E-state index is 0.336. The minimum Gasteiger partial charge on any atom is -0.381 e. The van der Waals surface area contributed by atoms with E-state index < -0.39 is 0 Å². The molecule has 3 fully saturated rings. The smallest absolute Gasteiger partial charge is 0.176 e. The van der Waals surface area contributed by atoms with Gasteiger partial charge in [0.25, 0.3) is 0 Å². The number of imidazole rings is 1. The molecule has 5 aromatic heterocycles. The van der Waals surface area contributed by atoms with Crippen LogP contribution in [0.3, 0.4) is 0 Å². The van der Waals surface area contributed by atoms with Crippen molar-refractivity contribution >= 4 is 16.7 Å². The third-order valence-corrected chi connectivity index (χ3v) is 10.0. The number of hydrogen-bond acceptors (Lipinski definition) is 8. The van der Waals surface area contributed by atoms with Crippen LogP contribution in [0.15, 0.2) is 67.1 Å². The van der Waals surface area contributed by atoms with Crippen molar-refractivity contribution in [3.8, 4) is 28.2 Å². The lowest BCUT2D eigenvalue weighted by Crippen LogP contribution is -2.40. The number of fused-ring (bicyclic) bond motifs is 3. The van der Waals surface area contributed by atoms with E-state index in [2.05, 4.69) is 57.3 Å². The highest BCUT2D eigenvalue weighted by molar-refractivity contribution is 5.92. The van der Waals surface area contributed by atoms with Crippen LogP contribution in [0.25, 0.3) is 44.9 Å². The second kappa shape index (κ2) is 9.73. The predicted octanol–water partition coefficient (Wildman–Crippen LogP) is 4.96. The third-order valence-electron chi connectivity index (χ3n) is 10.0. The maximum Gasteiger partial charge on any atom is 0.176 e. The van der Waals surface area contributed by atoms with Gasteiger partial charge in [-0.25, -0.2) is 19.5 Å². The van der Waals surface area contributed by atoms with E-state index in [1.165, 1.54) is 48.3 Å². The number of rotatable bonds is 5. The molecular weight excluding hydrogens is 550 g/mol. The number of hydrogen-bond donors (Lipinski definition) is 0. The van der Waals surface area contributed by atoms with Crippen LogP contribution in [0.4, 0.5) is 0 Å². The average molecular weight is 584 g/mol. The van der Waals surface area contributed by atoms with Gasteiger partial charge < -0.3 is 4.74 Å². The van der Waals surface area contributed by atoms with Crippen LogP contribution < -0.4 is 0 Å². The number of aromatic nitrogens is 8. The summed E-state index contributed by atoms with van der Waals surface area (Å²) in [6, 6.07) is 18.0. The molecule has 1 aliphatic carbocycles. The molecule has 9 rings (SSSR count). The van der Waals surface area contributed by atoms with Crippen LogP contribution in [-0.4, -0.2) is 76.8 Å². The maximum atomic E-state index is 5.61. The van der Waals surface area contributed by atoms with Crippen LogP contribution >= 0.6 is 0 Å². The number of aryl methyl sites for hydroxylation is 2. The molecule has 2 atom stereocenters. The normalized spacial score (nSPS) is 22.2. The van der Waals surface area contributed by atoms with Crippen molar-refractivity contribution in [3.63, 3.8) is 0 Å². The molecule has 7 heterocycles. The molecule has 10 nitrogen and oxygen atoms in total. The first kappa shape index (κ1) is 25.9. The molecule has 1 saturated carbocycles. The van der Waals surface area contributed by atoms with Gasteiger partial charge in [-0.1, -0.05) is 24.3 Å².